The standard InChI is InChI=1S/C16H18N4O2/c1-11-9-14(19-22-11)15-3-2-8-20(15)10-12-4-5-16(21-12)13-6-7-17-18-13/h4-7,9,15H,2-3,8,10H2,1H3,(H,17,18)/t15-/m0/s1. The third-order valence-electron chi connectivity index (χ3n) is 4.14. The van der Waals surface area contributed by atoms with Gasteiger partial charge >= 0.3 is 0 Å². The van der Waals surface area contributed by atoms with Gasteiger partial charge in [-0.15, -0.1) is 0 Å². The summed E-state index contributed by atoms with van der Waals surface area (Å²) in [5.41, 5.74) is 1.92. The number of hydrogen-bond acceptors (Lipinski definition) is 5. The predicted octanol–water partition coefficient (Wildman–Crippen LogP) is 3.30. The fourth-order valence-corrected chi connectivity index (χ4v) is 3.09. The van der Waals surface area contributed by atoms with Crippen molar-refractivity contribution in [2.45, 2.75) is 32.4 Å². The molecule has 1 saturated heterocycles. The zero-order valence-corrected chi connectivity index (χ0v) is 12.5. The van der Waals surface area contributed by atoms with E-state index in [2.05, 4.69) is 20.3 Å². The number of aromatic nitrogens is 3. The Morgan fingerprint density at radius 2 is 2.32 bits per heavy atom. The Labute approximate surface area is 128 Å². The van der Waals surface area contributed by atoms with E-state index in [1.54, 1.807) is 6.20 Å². The van der Waals surface area contributed by atoms with Crippen LogP contribution in [0, 0.1) is 6.92 Å². The summed E-state index contributed by atoms with van der Waals surface area (Å²) in [7, 11) is 0. The molecule has 4 rings (SSSR count). The van der Waals surface area contributed by atoms with Crippen LogP contribution < -0.4 is 0 Å². The third kappa shape index (κ3) is 2.46. The monoisotopic (exact) mass is 298 g/mol. The number of rotatable bonds is 4. The highest BCUT2D eigenvalue weighted by Crippen LogP contribution is 2.33. The molecule has 1 aliphatic rings. The molecule has 0 aromatic carbocycles. The van der Waals surface area contributed by atoms with Crippen molar-refractivity contribution in [2.75, 3.05) is 6.54 Å². The fourth-order valence-electron chi connectivity index (χ4n) is 3.09. The lowest BCUT2D eigenvalue weighted by Crippen LogP contribution is -2.22. The van der Waals surface area contributed by atoms with Crippen LogP contribution in [0.3, 0.4) is 0 Å². The van der Waals surface area contributed by atoms with Crippen LogP contribution in [0.5, 0.6) is 0 Å². The Morgan fingerprint density at radius 1 is 1.36 bits per heavy atom. The molecule has 22 heavy (non-hydrogen) atoms. The first-order chi connectivity index (χ1) is 10.8. The summed E-state index contributed by atoms with van der Waals surface area (Å²) in [6.07, 6.45) is 4.01. The zero-order chi connectivity index (χ0) is 14.9. The van der Waals surface area contributed by atoms with Gasteiger partial charge in [-0.2, -0.15) is 5.10 Å². The average Bonchev–Trinajstić information content (AvgIpc) is 3.26. The molecule has 0 aliphatic carbocycles. The molecule has 4 heterocycles. The van der Waals surface area contributed by atoms with Gasteiger partial charge in [-0.3, -0.25) is 10.00 Å². The quantitative estimate of drug-likeness (QED) is 0.800. The molecule has 114 valence electrons. The molecule has 0 spiro atoms. The first-order valence-electron chi connectivity index (χ1n) is 7.55. The molecular formula is C16H18N4O2. The van der Waals surface area contributed by atoms with Gasteiger partial charge < -0.3 is 8.94 Å². The summed E-state index contributed by atoms with van der Waals surface area (Å²) >= 11 is 0. The van der Waals surface area contributed by atoms with Crippen molar-refractivity contribution in [1.29, 1.82) is 0 Å². The van der Waals surface area contributed by atoms with Crippen LogP contribution in [0.25, 0.3) is 11.5 Å². The van der Waals surface area contributed by atoms with Gasteiger partial charge in [0.2, 0.25) is 0 Å². The minimum atomic E-state index is 0.318. The van der Waals surface area contributed by atoms with Gasteiger partial charge in [-0.1, -0.05) is 5.16 Å². The van der Waals surface area contributed by atoms with Crippen LogP contribution in [0.2, 0.25) is 0 Å². The molecule has 1 fully saturated rings. The average molecular weight is 298 g/mol. The second kappa shape index (κ2) is 5.46. The van der Waals surface area contributed by atoms with Crippen LogP contribution in [-0.4, -0.2) is 26.8 Å². The fraction of sp³-hybridized carbons (Fsp3) is 0.375. The van der Waals surface area contributed by atoms with Crippen LogP contribution in [0.15, 0.2) is 39.4 Å². The SMILES string of the molecule is Cc1cc([C@@H]2CCCN2Cc2ccc(-c3ccn[nH]3)o2)no1. The number of aryl methyl sites for hydroxylation is 1. The maximum atomic E-state index is 5.92. The van der Waals surface area contributed by atoms with Crippen molar-refractivity contribution in [1.82, 2.24) is 20.3 Å². The number of aromatic amines is 1. The van der Waals surface area contributed by atoms with Crippen LogP contribution in [-0.2, 0) is 6.54 Å². The molecule has 0 amide bonds. The highest BCUT2D eigenvalue weighted by molar-refractivity contribution is 5.51. The second-order valence-electron chi connectivity index (χ2n) is 5.73. The second-order valence-corrected chi connectivity index (χ2v) is 5.73. The van der Waals surface area contributed by atoms with E-state index in [0.717, 1.165) is 48.2 Å². The third-order valence-corrected chi connectivity index (χ3v) is 4.14. The first kappa shape index (κ1) is 13.3. The minimum absolute atomic E-state index is 0.318. The Morgan fingerprint density at radius 3 is 3.09 bits per heavy atom. The Balaban J connectivity index is 1.50. The largest absolute Gasteiger partial charge is 0.458 e. The molecule has 6 heteroatoms. The summed E-state index contributed by atoms with van der Waals surface area (Å²) in [6, 6.07) is 8.26. The van der Waals surface area contributed by atoms with Crippen molar-refractivity contribution < 1.29 is 8.94 Å². The van der Waals surface area contributed by atoms with E-state index in [-0.39, 0.29) is 0 Å². The van der Waals surface area contributed by atoms with E-state index in [9.17, 15) is 0 Å². The van der Waals surface area contributed by atoms with Crippen molar-refractivity contribution in [3.05, 3.63) is 47.7 Å². The summed E-state index contributed by atoms with van der Waals surface area (Å²) in [4.78, 5) is 2.40. The highest BCUT2D eigenvalue weighted by Gasteiger charge is 2.29. The Kier molecular flexibility index (Phi) is 3.31. The maximum absolute atomic E-state index is 5.92. The normalized spacial score (nSPS) is 19.0. The molecule has 0 unspecified atom stereocenters. The van der Waals surface area contributed by atoms with Gasteiger partial charge in [0.25, 0.3) is 0 Å². The molecule has 6 nitrogen and oxygen atoms in total. The smallest absolute Gasteiger partial charge is 0.152 e. The molecule has 0 radical (unpaired) electrons. The highest BCUT2D eigenvalue weighted by atomic mass is 16.5. The van der Waals surface area contributed by atoms with Gasteiger partial charge in [-0.25, -0.2) is 0 Å². The van der Waals surface area contributed by atoms with Gasteiger partial charge in [0.05, 0.1) is 12.6 Å². The Hall–Kier alpha value is -2.34. The van der Waals surface area contributed by atoms with E-state index in [0.29, 0.717) is 6.04 Å². The van der Waals surface area contributed by atoms with Crippen molar-refractivity contribution in [3.63, 3.8) is 0 Å². The predicted molar refractivity (Wildman–Crippen MR) is 79.9 cm³/mol. The minimum Gasteiger partial charge on any atom is -0.458 e. The summed E-state index contributed by atoms with van der Waals surface area (Å²) < 4.78 is 11.1. The summed E-state index contributed by atoms with van der Waals surface area (Å²) in [5, 5.41) is 11.0. The van der Waals surface area contributed by atoms with E-state index in [4.69, 9.17) is 8.94 Å². The zero-order valence-electron chi connectivity index (χ0n) is 12.5. The number of nitrogens with zero attached hydrogens (tertiary/aromatic N) is 3. The van der Waals surface area contributed by atoms with Gasteiger partial charge in [-0.05, 0) is 44.5 Å². The molecule has 1 atom stereocenters. The van der Waals surface area contributed by atoms with Gasteiger partial charge in [0.1, 0.15) is 22.9 Å². The van der Waals surface area contributed by atoms with Crippen LogP contribution >= 0.6 is 0 Å². The Bertz CT molecular complexity index is 744. The number of likely N-dealkylation sites (tertiary alicyclic amines) is 1. The van der Waals surface area contributed by atoms with Crippen LogP contribution in [0.4, 0.5) is 0 Å². The topological polar surface area (TPSA) is 71.1 Å². The molecule has 3 aromatic rings. The molecule has 0 saturated carbocycles. The van der Waals surface area contributed by atoms with Gasteiger partial charge in [0, 0.05) is 12.3 Å². The number of nitrogens with one attached hydrogen (secondary N) is 1. The van der Waals surface area contributed by atoms with E-state index < -0.39 is 0 Å². The van der Waals surface area contributed by atoms with Crippen molar-refractivity contribution in [3.8, 4) is 11.5 Å². The number of furan rings is 1. The lowest BCUT2D eigenvalue weighted by atomic mass is 10.1. The van der Waals surface area contributed by atoms with Crippen molar-refractivity contribution >= 4 is 0 Å². The summed E-state index contributed by atoms with van der Waals surface area (Å²) in [5.74, 6) is 2.64. The molecule has 1 N–H and O–H groups in total. The van der Waals surface area contributed by atoms with E-state index in [1.165, 1.54) is 6.42 Å². The molecular weight excluding hydrogens is 280 g/mol. The molecule has 0 bridgehead atoms. The van der Waals surface area contributed by atoms with Crippen LogP contribution in [0.1, 0.15) is 36.1 Å². The lowest BCUT2D eigenvalue weighted by molar-refractivity contribution is 0.219. The van der Waals surface area contributed by atoms with E-state index >= 15 is 0 Å². The van der Waals surface area contributed by atoms with Crippen molar-refractivity contribution in [2.24, 2.45) is 0 Å². The summed E-state index contributed by atoms with van der Waals surface area (Å²) in [6.45, 7) is 3.76. The maximum Gasteiger partial charge on any atom is 0.152 e. The molecule has 1 aliphatic heterocycles. The van der Waals surface area contributed by atoms with Gasteiger partial charge in [0.15, 0.2) is 5.76 Å². The first-order valence-corrected chi connectivity index (χ1v) is 7.55. The number of H-pyrrole nitrogens is 1. The van der Waals surface area contributed by atoms with E-state index in [1.807, 2.05) is 31.2 Å². The molecule has 3 aromatic heterocycles. The number of hydrogen-bond donors (Lipinski definition) is 1. The lowest BCUT2D eigenvalue weighted by Gasteiger charge is -2.21.